The number of Topliss-reactive ketones (excluding diaryl/α,β-unsaturated/α-hetero) is 1. The molecule has 1 aliphatic heterocycles. The van der Waals surface area contributed by atoms with Crippen molar-refractivity contribution in [3.8, 4) is 5.75 Å². The molecule has 114 valence electrons. The normalized spacial score (nSPS) is 17.4. The Morgan fingerprint density at radius 1 is 1.43 bits per heavy atom. The Kier molecular flexibility index (Phi) is 4.96. The third-order valence-corrected chi connectivity index (χ3v) is 3.51. The monoisotopic (exact) mass is 291 g/mol. The fraction of sp³-hybridized carbons (Fsp3) is 0.500. The number of ether oxygens (including phenoxy) is 1. The average molecular weight is 291 g/mol. The topological polar surface area (TPSA) is 66.8 Å². The first-order valence-corrected chi connectivity index (χ1v) is 7.34. The van der Waals surface area contributed by atoms with Crippen LogP contribution in [-0.2, 0) is 4.79 Å². The van der Waals surface area contributed by atoms with Gasteiger partial charge in [0.1, 0.15) is 5.75 Å². The van der Waals surface area contributed by atoms with Gasteiger partial charge >= 0.3 is 0 Å². The second-order valence-electron chi connectivity index (χ2n) is 5.18. The first kappa shape index (κ1) is 15.5. The van der Waals surface area contributed by atoms with E-state index in [0.29, 0.717) is 36.4 Å². The van der Waals surface area contributed by atoms with E-state index in [9.17, 15) is 9.59 Å². The molecule has 1 heterocycles. The molecule has 0 bridgehead atoms. The summed E-state index contributed by atoms with van der Waals surface area (Å²) in [5.74, 6) is 0.526. The fourth-order valence-corrected chi connectivity index (χ4v) is 2.41. The molecule has 1 atom stereocenters. The molecule has 21 heavy (non-hydrogen) atoms. The van der Waals surface area contributed by atoms with Crippen LogP contribution in [0.5, 0.6) is 5.75 Å². The molecule has 2 rings (SSSR count). The van der Waals surface area contributed by atoms with Crippen molar-refractivity contribution in [2.24, 2.45) is 0 Å². The van der Waals surface area contributed by atoms with E-state index in [2.05, 4.69) is 0 Å². The number of nitrogens with zero attached hydrogens (tertiary/aromatic N) is 1. The number of anilines is 1. The highest BCUT2D eigenvalue weighted by molar-refractivity contribution is 6.03. The summed E-state index contributed by atoms with van der Waals surface area (Å²) < 4.78 is 5.58. The second-order valence-corrected chi connectivity index (χ2v) is 5.18. The number of carbonyl (C=O) groups is 2. The summed E-state index contributed by atoms with van der Waals surface area (Å²) in [6.07, 6.45) is 1.22. The van der Waals surface area contributed by atoms with Gasteiger partial charge in [-0.1, -0.05) is 6.92 Å². The number of benzene rings is 1. The zero-order chi connectivity index (χ0) is 15.4. The third kappa shape index (κ3) is 3.24. The van der Waals surface area contributed by atoms with Crippen LogP contribution in [0.3, 0.4) is 0 Å². The minimum Gasteiger partial charge on any atom is -0.479 e. The van der Waals surface area contributed by atoms with E-state index in [-0.39, 0.29) is 18.3 Å². The highest BCUT2D eigenvalue weighted by Gasteiger charge is 2.31. The molecular weight excluding hydrogens is 270 g/mol. The largest absolute Gasteiger partial charge is 0.479 e. The molecule has 0 saturated carbocycles. The van der Waals surface area contributed by atoms with Gasteiger partial charge in [-0.25, -0.2) is 0 Å². The van der Waals surface area contributed by atoms with Crippen molar-refractivity contribution in [3.05, 3.63) is 23.8 Å². The van der Waals surface area contributed by atoms with Gasteiger partial charge in [0.25, 0.3) is 5.91 Å². The van der Waals surface area contributed by atoms with Crippen molar-refractivity contribution >= 4 is 17.4 Å². The minimum absolute atomic E-state index is 0.0167. The second kappa shape index (κ2) is 6.72. The highest BCUT2D eigenvalue weighted by Crippen LogP contribution is 2.35. The van der Waals surface area contributed by atoms with E-state index < -0.39 is 6.10 Å². The van der Waals surface area contributed by atoms with Crippen molar-refractivity contribution in [1.29, 1.82) is 0 Å². The lowest BCUT2D eigenvalue weighted by Crippen LogP contribution is -2.45. The molecule has 1 N–H and O–H groups in total. The molecule has 0 saturated heterocycles. The zero-order valence-corrected chi connectivity index (χ0v) is 12.5. The lowest BCUT2D eigenvalue weighted by atomic mass is 10.0. The molecule has 5 nitrogen and oxygen atoms in total. The van der Waals surface area contributed by atoms with E-state index in [0.717, 1.165) is 6.42 Å². The maximum absolute atomic E-state index is 12.2. The van der Waals surface area contributed by atoms with Crippen LogP contribution in [0.4, 0.5) is 5.69 Å². The van der Waals surface area contributed by atoms with Gasteiger partial charge in [0.15, 0.2) is 11.9 Å². The predicted molar refractivity (Wildman–Crippen MR) is 79.8 cm³/mol. The van der Waals surface area contributed by atoms with E-state index in [1.165, 1.54) is 0 Å². The molecule has 0 fully saturated rings. The molecule has 1 aliphatic rings. The number of rotatable bonds is 6. The first-order chi connectivity index (χ1) is 10.1. The van der Waals surface area contributed by atoms with E-state index in [1.807, 2.05) is 6.92 Å². The molecular formula is C16H21NO4. The van der Waals surface area contributed by atoms with E-state index in [1.54, 1.807) is 30.0 Å². The number of amides is 1. The Morgan fingerprint density at radius 2 is 2.19 bits per heavy atom. The van der Waals surface area contributed by atoms with Gasteiger partial charge in [0.05, 0.1) is 5.69 Å². The van der Waals surface area contributed by atoms with E-state index >= 15 is 0 Å². The molecule has 5 heteroatoms. The summed E-state index contributed by atoms with van der Waals surface area (Å²) in [5.41, 5.74) is 1.21. The molecule has 0 aliphatic carbocycles. The molecule has 1 aromatic rings. The van der Waals surface area contributed by atoms with Gasteiger partial charge in [0, 0.05) is 25.1 Å². The van der Waals surface area contributed by atoms with Crippen LogP contribution in [-0.4, -0.2) is 36.1 Å². The number of aliphatic hydroxyl groups excluding tert-OH is 1. The number of ketones is 1. The summed E-state index contributed by atoms with van der Waals surface area (Å²) in [7, 11) is 0. The maximum atomic E-state index is 12.2. The summed E-state index contributed by atoms with van der Waals surface area (Å²) in [5, 5.41) is 8.99. The van der Waals surface area contributed by atoms with Gasteiger partial charge in [-0.05, 0) is 38.0 Å². The molecule has 0 radical (unpaired) electrons. The van der Waals surface area contributed by atoms with Crippen LogP contribution in [0.1, 0.15) is 43.5 Å². The Labute approximate surface area is 124 Å². The van der Waals surface area contributed by atoms with Crippen molar-refractivity contribution in [3.63, 3.8) is 0 Å². The fourth-order valence-electron chi connectivity index (χ4n) is 2.41. The van der Waals surface area contributed by atoms with Crippen molar-refractivity contribution < 1.29 is 19.4 Å². The van der Waals surface area contributed by atoms with Crippen LogP contribution >= 0.6 is 0 Å². The molecule has 1 unspecified atom stereocenters. The van der Waals surface area contributed by atoms with Crippen LogP contribution in [0, 0.1) is 0 Å². The number of hydrogen-bond acceptors (Lipinski definition) is 4. The minimum atomic E-state index is -0.548. The number of aliphatic hydroxyl groups is 1. The average Bonchev–Trinajstić information content (AvgIpc) is 2.47. The molecule has 1 aromatic carbocycles. The van der Waals surface area contributed by atoms with Crippen LogP contribution in [0.2, 0.25) is 0 Å². The SMILES string of the molecule is CCCC(=O)c1ccc2c(c1)N(CCCO)C(=O)C(C)O2. The van der Waals surface area contributed by atoms with Gasteiger partial charge in [0.2, 0.25) is 0 Å². The summed E-state index contributed by atoms with van der Waals surface area (Å²) >= 11 is 0. The van der Waals surface area contributed by atoms with Gasteiger partial charge in [-0.2, -0.15) is 0 Å². The van der Waals surface area contributed by atoms with Crippen molar-refractivity contribution in [2.45, 2.75) is 39.2 Å². The third-order valence-electron chi connectivity index (χ3n) is 3.51. The van der Waals surface area contributed by atoms with Crippen LogP contribution < -0.4 is 9.64 Å². The first-order valence-electron chi connectivity index (χ1n) is 7.34. The number of hydrogen-bond donors (Lipinski definition) is 1. The molecule has 1 amide bonds. The van der Waals surface area contributed by atoms with E-state index in [4.69, 9.17) is 9.84 Å². The van der Waals surface area contributed by atoms with Gasteiger partial charge < -0.3 is 14.7 Å². The Bertz CT molecular complexity index is 541. The Morgan fingerprint density at radius 3 is 2.86 bits per heavy atom. The maximum Gasteiger partial charge on any atom is 0.267 e. The van der Waals surface area contributed by atoms with Crippen molar-refractivity contribution in [2.75, 3.05) is 18.1 Å². The lowest BCUT2D eigenvalue weighted by Gasteiger charge is -2.33. The Balaban J connectivity index is 2.35. The zero-order valence-electron chi connectivity index (χ0n) is 12.5. The Hall–Kier alpha value is -1.88. The lowest BCUT2D eigenvalue weighted by molar-refractivity contribution is -0.125. The molecule has 0 spiro atoms. The quantitative estimate of drug-likeness (QED) is 0.816. The number of fused-ring (bicyclic) bond motifs is 1. The summed E-state index contributed by atoms with van der Waals surface area (Å²) in [4.78, 5) is 25.8. The van der Waals surface area contributed by atoms with Crippen LogP contribution in [0.15, 0.2) is 18.2 Å². The van der Waals surface area contributed by atoms with Crippen LogP contribution in [0.25, 0.3) is 0 Å². The smallest absolute Gasteiger partial charge is 0.267 e. The number of carbonyl (C=O) groups excluding carboxylic acids is 2. The van der Waals surface area contributed by atoms with Gasteiger partial charge in [-0.3, -0.25) is 9.59 Å². The highest BCUT2D eigenvalue weighted by atomic mass is 16.5. The van der Waals surface area contributed by atoms with Crippen molar-refractivity contribution in [1.82, 2.24) is 0 Å². The predicted octanol–water partition coefficient (Wildman–Crippen LogP) is 2.17. The summed E-state index contributed by atoms with van der Waals surface area (Å²) in [6.45, 7) is 4.09. The van der Waals surface area contributed by atoms with Gasteiger partial charge in [-0.15, -0.1) is 0 Å². The summed E-state index contributed by atoms with van der Waals surface area (Å²) in [6, 6.07) is 5.20. The molecule has 0 aromatic heterocycles. The standard InChI is InChI=1S/C16H21NO4/c1-3-5-14(19)12-6-7-15-13(10-12)17(8-4-9-18)16(20)11(2)21-15/h6-7,10-11,18H,3-5,8-9H2,1-2H3.